The van der Waals surface area contributed by atoms with E-state index in [1.54, 1.807) is 6.08 Å². The second-order valence-electron chi connectivity index (χ2n) is 4.00. The topological polar surface area (TPSA) is 8.72 Å². The SMILES string of the molecule is [C-]#[N+]C(CC=C)([N+]#[C-])C1=C(C)CCCC1. The molecule has 0 aromatic heterocycles. The third kappa shape index (κ3) is 2.10. The highest BCUT2D eigenvalue weighted by Crippen LogP contribution is 2.38. The van der Waals surface area contributed by atoms with Crippen molar-refractivity contribution in [2.75, 3.05) is 0 Å². The molecule has 0 amide bonds. The molecule has 1 rings (SSSR count). The number of allylic oxidation sites excluding steroid dienone is 1. The number of hydrogen-bond donors (Lipinski definition) is 0. The van der Waals surface area contributed by atoms with Crippen molar-refractivity contribution in [1.82, 2.24) is 0 Å². The van der Waals surface area contributed by atoms with Crippen LogP contribution < -0.4 is 0 Å². The first-order valence-corrected chi connectivity index (χ1v) is 5.27. The lowest BCUT2D eigenvalue weighted by Gasteiger charge is -2.19. The molecule has 0 heterocycles. The van der Waals surface area contributed by atoms with Crippen LogP contribution >= 0.6 is 0 Å². The molecule has 0 N–H and O–H groups in total. The van der Waals surface area contributed by atoms with E-state index in [9.17, 15) is 0 Å². The molecule has 1 aliphatic carbocycles. The van der Waals surface area contributed by atoms with Crippen molar-refractivity contribution in [2.45, 2.75) is 44.7 Å². The molecule has 0 aromatic rings. The van der Waals surface area contributed by atoms with Crippen LogP contribution in [0.25, 0.3) is 9.69 Å². The summed E-state index contributed by atoms with van der Waals surface area (Å²) < 4.78 is 0. The Balaban J connectivity index is 3.15. The molecule has 0 aliphatic heterocycles. The lowest BCUT2D eigenvalue weighted by molar-refractivity contribution is 0.587. The minimum atomic E-state index is -0.980. The minimum Gasteiger partial charge on any atom is -0.226 e. The van der Waals surface area contributed by atoms with Crippen molar-refractivity contribution in [2.24, 2.45) is 0 Å². The molecule has 0 fully saturated rings. The maximum absolute atomic E-state index is 7.27. The molecule has 15 heavy (non-hydrogen) atoms. The summed E-state index contributed by atoms with van der Waals surface area (Å²) in [6.45, 7) is 20.2. The third-order valence-corrected chi connectivity index (χ3v) is 3.03. The van der Waals surface area contributed by atoms with E-state index in [0.717, 1.165) is 24.8 Å². The first kappa shape index (κ1) is 11.5. The smallest absolute Gasteiger partial charge is 0.226 e. The zero-order valence-electron chi connectivity index (χ0n) is 9.21. The van der Waals surface area contributed by atoms with Gasteiger partial charge in [0.05, 0.1) is 0 Å². The van der Waals surface area contributed by atoms with Crippen LogP contribution in [0.5, 0.6) is 0 Å². The van der Waals surface area contributed by atoms with Gasteiger partial charge in [0, 0.05) is 0 Å². The van der Waals surface area contributed by atoms with Crippen LogP contribution in [-0.2, 0) is 0 Å². The Hall–Kier alpha value is -1.54. The number of rotatable bonds is 3. The second-order valence-corrected chi connectivity index (χ2v) is 4.00. The molecule has 0 unspecified atom stereocenters. The van der Waals surface area contributed by atoms with Crippen LogP contribution in [0.2, 0.25) is 0 Å². The molecule has 0 spiro atoms. The van der Waals surface area contributed by atoms with Crippen LogP contribution in [0.4, 0.5) is 0 Å². The molecule has 0 radical (unpaired) electrons. The zero-order valence-corrected chi connectivity index (χ0v) is 9.21. The van der Waals surface area contributed by atoms with Gasteiger partial charge in [-0.1, -0.05) is 11.6 Å². The van der Waals surface area contributed by atoms with E-state index in [0.29, 0.717) is 6.42 Å². The highest BCUT2D eigenvalue weighted by molar-refractivity contribution is 5.36. The van der Waals surface area contributed by atoms with Gasteiger partial charge in [-0.25, -0.2) is 22.8 Å². The van der Waals surface area contributed by atoms with Crippen LogP contribution in [0, 0.1) is 13.1 Å². The Kier molecular flexibility index (Phi) is 3.69. The molecule has 1 aliphatic rings. The molecule has 2 heteroatoms. The fourth-order valence-electron chi connectivity index (χ4n) is 2.17. The van der Waals surface area contributed by atoms with Gasteiger partial charge < -0.3 is 0 Å². The largest absolute Gasteiger partial charge is 0.509 e. The highest BCUT2D eigenvalue weighted by Gasteiger charge is 2.47. The van der Waals surface area contributed by atoms with Gasteiger partial charge >= 0.3 is 5.66 Å². The van der Waals surface area contributed by atoms with Gasteiger partial charge in [-0.2, -0.15) is 0 Å². The van der Waals surface area contributed by atoms with Crippen molar-refractivity contribution >= 4 is 0 Å². The summed E-state index contributed by atoms with van der Waals surface area (Å²) in [6, 6.07) is 0. The van der Waals surface area contributed by atoms with Crippen LogP contribution in [0.3, 0.4) is 0 Å². The van der Waals surface area contributed by atoms with E-state index >= 15 is 0 Å². The Bertz CT molecular complexity index is 349. The average molecular weight is 200 g/mol. The van der Waals surface area contributed by atoms with Gasteiger partial charge in [0.15, 0.2) is 0 Å². The molecule has 0 atom stereocenters. The molecule has 0 saturated heterocycles. The Morgan fingerprint density at radius 2 is 1.93 bits per heavy atom. The molecule has 2 nitrogen and oxygen atoms in total. The van der Waals surface area contributed by atoms with E-state index in [1.165, 1.54) is 12.0 Å². The van der Waals surface area contributed by atoms with E-state index < -0.39 is 5.66 Å². The van der Waals surface area contributed by atoms with Gasteiger partial charge in [0.25, 0.3) is 0 Å². The van der Waals surface area contributed by atoms with Crippen molar-refractivity contribution < 1.29 is 0 Å². The maximum Gasteiger partial charge on any atom is 0.509 e. The van der Waals surface area contributed by atoms with Crippen LogP contribution in [0.1, 0.15) is 39.0 Å². The zero-order chi connectivity index (χ0) is 11.3. The van der Waals surface area contributed by atoms with E-state index in [-0.39, 0.29) is 0 Å². The summed E-state index contributed by atoms with van der Waals surface area (Å²) in [5.74, 6) is 0. The average Bonchev–Trinajstić information content (AvgIpc) is 2.27. The van der Waals surface area contributed by atoms with Crippen LogP contribution in [0.15, 0.2) is 23.8 Å². The predicted octanol–water partition coefficient (Wildman–Crippen LogP) is 3.99. The lowest BCUT2D eigenvalue weighted by Crippen LogP contribution is -2.24. The summed E-state index contributed by atoms with van der Waals surface area (Å²) in [4.78, 5) is 7.14. The van der Waals surface area contributed by atoms with Crippen molar-refractivity contribution in [1.29, 1.82) is 0 Å². The molecule has 0 bridgehead atoms. The maximum atomic E-state index is 7.27. The minimum absolute atomic E-state index is 0.451. The fraction of sp³-hybridized carbons (Fsp3) is 0.538. The van der Waals surface area contributed by atoms with E-state index in [1.807, 2.05) is 0 Å². The second kappa shape index (κ2) is 4.80. The normalized spacial score (nSPS) is 16.7. The summed E-state index contributed by atoms with van der Waals surface area (Å²) in [5, 5.41) is 0. The van der Waals surface area contributed by atoms with E-state index in [4.69, 9.17) is 13.1 Å². The van der Waals surface area contributed by atoms with Crippen molar-refractivity contribution in [3.05, 3.63) is 46.6 Å². The monoisotopic (exact) mass is 200 g/mol. The molecule has 0 saturated carbocycles. The van der Waals surface area contributed by atoms with Crippen LogP contribution in [-0.4, -0.2) is 5.66 Å². The van der Waals surface area contributed by atoms with Gasteiger partial charge in [-0.15, -0.1) is 6.58 Å². The van der Waals surface area contributed by atoms with Gasteiger partial charge in [0.1, 0.15) is 12.0 Å². The summed E-state index contributed by atoms with van der Waals surface area (Å²) in [7, 11) is 0. The van der Waals surface area contributed by atoms with E-state index in [2.05, 4.69) is 23.2 Å². The predicted molar refractivity (Wildman–Crippen MR) is 61.9 cm³/mol. The molecule has 78 valence electrons. The fourth-order valence-corrected chi connectivity index (χ4v) is 2.17. The highest BCUT2D eigenvalue weighted by atomic mass is 15.0. The van der Waals surface area contributed by atoms with Crippen molar-refractivity contribution in [3.8, 4) is 0 Å². The first-order chi connectivity index (χ1) is 7.20. The Morgan fingerprint density at radius 3 is 2.40 bits per heavy atom. The quantitative estimate of drug-likeness (QED) is 0.481. The Morgan fingerprint density at radius 1 is 1.33 bits per heavy atom. The molecular formula is C13H16N2. The third-order valence-electron chi connectivity index (χ3n) is 3.03. The van der Waals surface area contributed by atoms with Crippen molar-refractivity contribution in [3.63, 3.8) is 0 Å². The lowest BCUT2D eigenvalue weighted by atomic mass is 9.83. The molecular weight excluding hydrogens is 184 g/mol. The summed E-state index contributed by atoms with van der Waals surface area (Å²) >= 11 is 0. The number of hydrogen-bond acceptors (Lipinski definition) is 0. The summed E-state index contributed by atoms with van der Waals surface area (Å²) in [5.41, 5.74) is 1.32. The van der Waals surface area contributed by atoms with Gasteiger partial charge in [-0.3, -0.25) is 0 Å². The number of nitrogens with zero attached hydrogens (tertiary/aromatic N) is 2. The first-order valence-electron chi connectivity index (χ1n) is 5.27. The Labute approximate surface area is 91.9 Å². The standard InChI is InChI=1S/C13H16N2/c1-5-10-13(14-3,15-4)12-9-7-6-8-11(12)2/h5H,1,6-10H2,2H3. The summed E-state index contributed by atoms with van der Waals surface area (Å²) in [6.07, 6.45) is 6.38. The van der Waals surface area contributed by atoms with Gasteiger partial charge in [-0.05, 0) is 32.6 Å². The molecule has 0 aromatic carbocycles. The van der Waals surface area contributed by atoms with Gasteiger partial charge in [0.2, 0.25) is 0 Å².